The van der Waals surface area contributed by atoms with Crippen molar-refractivity contribution in [2.45, 2.75) is 13.3 Å². The molecular weight excluding hydrogens is 270 g/mol. The van der Waals surface area contributed by atoms with Gasteiger partial charge in [-0.1, -0.05) is 18.5 Å². The van der Waals surface area contributed by atoms with E-state index in [9.17, 15) is 14.9 Å². The number of rotatable bonds is 4. The molecule has 2 atom stereocenters. The Morgan fingerprint density at radius 1 is 1.68 bits per heavy atom. The van der Waals surface area contributed by atoms with Gasteiger partial charge in [-0.3, -0.25) is 14.9 Å². The summed E-state index contributed by atoms with van der Waals surface area (Å²) < 4.78 is 0. The minimum Gasteiger partial charge on any atom is -0.341 e. The van der Waals surface area contributed by atoms with Crippen molar-refractivity contribution >= 4 is 23.2 Å². The van der Waals surface area contributed by atoms with Crippen LogP contribution < -0.4 is 0 Å². The summed E-state index contributed by atoms with van der Waals surface area (Å²) in [5.41, 5.74) is -0.328. The molecule has 1 aliphatic carbocycles. The van der Waals surface area contributed by atoms with Crippen LogP contribution in [-0.4, -0.2) is 34.3 Å². The van der Waals surface area contributed by atoms with Crippen molar-refractivity contribution in [3.63, 3.8) is 0 Å². The van der Waals surface area contributed by atoms with Crippen LogP contribution in [0.1, 0.15) is 23.7 Å². The maximum Gasteiger partial charge on any atom is 0.300 e. The molecule has 2 unspecified atom stereocenters. The molecular formula is C12H14ClN3O3. The summed E-state index contributed by atoms with van der Waals surface area (Å²) in [5, 5.41) is 11.0. The average Bonchev–Trinajstić information content (AvgIpc) is 3.03. The fraction of sp³-hybridized carbons (Fsp3) is 0.500. The summed E-state index contributed by atoms with van der Waals surface area (Å²) in [7, 11) is 1.64. The maximum absolute atomic E-state index is 12.2. The molecule has 0 aromatic carbocycles. The van der Waals surface area contributed by atoms with Gasteiger partial charge in [-0.2, -0.15) is 0 Å². The Morgan fingerprint density at radius 2 is 2.32 bits per heavy atom. The highest BCUT2D eigenvalue weighted by Gasteiger charge is 2.35. The number of hydrogen-bond donors (Lipinski definition) is 0. The Labute approximate surface area is 115 Å². The Morgan fingerprint density at radius 3 is 2.84 bits per heavy atom. The lowest BCUT2D eigenvalue weighted by Crippen LogP contribution is -2.29. The van der Waals surface area contributed by atoms with E-state index in [4.69, 9.17) is 11.6 Å². The van der Waals surface area contributed by atoms with Crippen molar-refractivity contribution < 1.29 is 9.72 Å². The van der Waals surface area contributed by atoms with Crippen LogP contribution in [0.25, 0.3) is 0 Å². The Hall–Kier alpha value is -1.69. The highest BCUT2D eigenvalue weighted by molar-refractivity contribution is 6.29. The number of halogens is 1. The Kier molecular flexibility index (Phi) is 3.71. The van der Waals surface area contributed by atoms with Gasteiger partial charge in [0.1, 0.15) is 16.9 Å². The monoisotopic (exact) mass is 283 g/mol. The smallest absolute Gasteiger partial charge is 0.300 e. The summed E-state index contributed by atoms with van der Waals surface area (Å²) in [6, 6.07) is 1.24. The van der Waals surface area contributed by atoms with Gasteiger partial charge in [0.25, 0.3) is 11.6 Å². The van der Waals surface area contributed by atoms with Crippen LogP contribution in [0.3, 0.4) is 0 Å². The molecule has 102 valence electrons. The summed E-state index contributed by atoms with van der Waals surface area (Å²) in [4.78, 5) is 27.7. The lowest BCUT2D eigenvalue weighted by Gasteiger charge is -2.17. The summed E-state index contributed by atoms with van der Waals surface area (Å²) >= 11 is 5.71. The third kappa shape index (κ3) is 3.01. The standard InChI is InChI=1S/C12H14ClN3O3/c1-7-3-8(7)6-15(2)12(17)9-4-11(13)14-5-10(9)16(18)19/h4-5,7-8H,3,6H2,1-2H3. The molecule has 0 bridgehead atoms. The lowest BCUT2D eigenvalue weighted by molar-refractivity contribution is -0.385. The van der Waals surface area contributed by atoms with Crippen LogP contribution in [0.4, 0.5) is 5.69 Å². The first kappa shape index (κ1) is 13.7. The van der Waals surface area contributed by atoms with E-state index < -0.39 is 10.8 Å². The lowest BCUT2D eigenvalue weighted by atomic mass is 10.2. The van der Waals surface area contributed by atoms with Crippen LogP contribution in [0.5, 0.6) is 0 Å². The van der Waals surface area contributed by atoms with Gasteiger partial charge in [-0.05, 0) is 24.3 Å². The van der Waals surface area contributed by atoms with Crippen LogP contribution >= 0.6 is 11.6 Å². The summed E-state index contributed by atoms with van der Waals surface area (Å²) in [6.45, 7) is 2.73. The highest BCUT2D eigenvalue weighted by Crippen LogP contribution is 2.38. The first-order valence-electron chi connectivity index (χ1n) is 5.95. The largest absolute Gasteiger partial charge is 0.341 e. The summed E-state index contributed by atoms with van der Waals surface area (Å²) in [6.07, 6.45) is 2.11. The van der Waals surface area contributed by atoms with Crippen molar-refractivity contribution in [1.29, 1.82) is 0 Å². The topological polar surface area (TPSA) is 76.3 Å². The zero-order valence-corrected chi connectivity index (χ0v) is 11.4. The number of aromatic nitrogens is 1. The normalized spacial score (nSPS) is 21.0. The SMILES string of the molecule is CC1CC1CN(C)C(=O)c1cc(Cl)ncc1[N+](=O)[O-]. The van der Waals surface area contributed by atoms with Gasteiger partial charge >= 0.3 is 0 Å². The number of amides is 1. The van der Waals surface area contributed by atoms with Gasteiger partial charge in [0.2, 0.25) is 0 Å². The molecule has 0 N–H and O–H groups in total. The minimum atomic E-state index is -0.621. The van der Waals surface area contributed by atoms with E-state index in [1.807, 2.05) is 0 Å². The second kappa shape index (κ2) is 5.13. The van der Waals surface area contributed by atoms with Crippen molar-refractivity contribution in [3.8, 4) is 0 Å². The fourth-order valence-corrected chi connectivity index (χ4v) is 2.19. The average molecular weight is 284 g/mol. The molecule has 19 heavy (non-hydrogen) atoms. The van der Waals surface area contributed by atoms with Crippen LogP contribution in [0, 0.1) is 22.0 Å². The van der Waals surface area contributed by atoms with Crippen molar-refractivity contribution in [2.75, 3.05) is 13.6 Å². The van der Waals surface area contributed by atoms with Gasteiger partial charge in [-0.15, -0.1) is 0 Å². The van der Waals surface area contributed by atoms with E-state index in [0.717, 1.165) is 12.6 Å². The van der Waals surface area contributed by atoms with Crippen LogP contribution in [0.2, 0.25) is 5.15 Å². The van der Waals surface area contributed by atoms with Gasteiger partial charge < -0.3 is 4.90 Å². The minimum absolute atomic E-state index is 0.0131. The van der Waals surface area contributed by atoms with E-state index in [1.165, 1.54) is 11.0 Å². The predicted molar refractivity (Wildman–Crippen MR) is 70.1 cm³/mol. The van der Waals surface area contributed by atoms with E-state index >= 15 is 0 Å². The van der Waals surface area contributed by atoms with E-state index in [1.54, 1.807) is 7.05 Å². The number of carbonyl (C=O) groups is 1. The van der Waals surface area contributed by atoms with Gasteiger partial charge in [-0.25, -0.2) is 4.98 Å². The van der Waals surface area contributed by atoms with E-state index in [2.05, 4.69) is 11.9 Å². The molecule has 1 aromatic heterocycles. The fourth-order valence-electron chi connectivity index (χ4n) is 2.03. The zero-order valence-electron chi connectivity index (χ0n) is 10.7. The molecule has 0 aliphatic heterocycles. The Balaban J connectivity index is 2.21. The predicted octanol–water partition coefficient (Wildman–Crippen LogP) is 2.37. The van der Waals surface area contributed by atoms with E-state index in [-0.39, 0.29) is 16.4 Å². The third-order valence-electron chi connectivity index (χ3n) is 3.41. The molecule has 2 rings (SSSR count). The number of nitrogens with zero attached hydrogens (tertiary/aromatic N) is 3. The highest BCUT2D eigenvalue weighted by atomic mass is 35.5. The van der Waals surface area contributed by atoms with Gasteiger partial charge in [0, 0.05) is 13.6 Å². The Bertz CT molecular complexity index is 535. The molecule has 1 aliphatic rings. The molecule has 1 amide bonds. The van der Waals surface area contributed by atoms with Crippen LogP contribution in [0.15, 0.2) is 12.3 Å². The molecule has 1 fully saturated rings. The van der Waals surface area contributed by atoms with Crippen molar-refractivity contribution in [2.24, 2.45) is 11.8 Å². The van der Waals surface area contributed by atoms with E-state index in [0.29, 0.717) is 18.4 Å². The number of carbonyl (C=O) groups excluding carboxylic acids is 1. The second-order valence-electron chi connectivity index (χ2n) is 4.94. The third-order valence-corrected chi connectivity index (χ3v) is 3.61. The second-order valence-corrected chi connectivity index (χ2v) is 5.33. The van der Waals surface area contributed by atoms with Crippen LogP contribution in [-0.2, 0) is 0 Å². The number of nitro groups is 1. The molecule has 0 saturated heterocycles. The summed E-state index contributed by atoms with van der Waals surface area (Å²) in [5.74, 6) is 0.715. The molecule has 6 nitrogen and oxygen atoms in total. The van der Waals surface area contributed by atoms with Crippen molar-refractivity contribution in [1.82, 2.24) is 9.88 Å². The molecule has 7 heteroatoms. The quantitative estimate of drug-likeness (QED) is 0.483. The molecule has 1 heterocycles. The first-order valence-corrected chi connectivity index (χ1v) is 6.33. The maximum atomic E-state index is 12.2. The molecule has 0 spiro atoms. The molecule has 1 aromatic rings. The van der Waals surface area contributed by atoms with Gasteiger partial charge in [0.15, 0.2) is 0 Å². The van der Waals surface area contributed by atoms with Crippen molar-refractivity contribution in [3.05, 3.63) is 33.1 Å². The zero-order chi connectivity index (χ0) is 14.2. The first-order chi connectivity index (χ1) is 8.90. The number of hydrogen-bond acceptors (Lipinski definition) is 4. The van der Waals surface area contributed by atoms with Gasteiger partial charge in [0.05, 0.1) is 4.92 Å². The number of pyridine rings is 1. The molecule has 1 saturated carbocycles. The molecule has 0 radical (unpaired) electrons.